The van der Waals surface area contributed by atoms with Gasteiger partial charge in [-0.15, -0.1) is 0 Å². The average Bonchev–Trinajstić information content (AvgIpc) is 2.73. The maximum absolute atomic E-state index is 8.66. The van der Waals surface area contributed by atoms with Crippen LogP contribution in [0.5, 0.6) is 0 Å². The van der Waals surface area contributed by atoms with E-state index < -0.39 is 0 Å². The van der Waals surface area contributed by atoms with Crippen molar-refractivity contribution in [1.82, 2.24) is 19.7 Å². The molecule has 18 heavy (non-hydrogen) atoms. The molecule has 1 unspecified atom stereocenters. The molecule has 3 N–H and O–H groups in total. The Morgan fingerprint density at radius 3 is 2.78 bits per heavy atom. The van der Waals surface area contributed by atoms with Gasteiger partial charge in [-0.1, -0.05) is 19.0 Å². The summed E-state index contributed by atoms with van der Waals surface area (Å²) in [5.74, 6) is 1.58. The zero-order valence-corrected chi connectivity index (χ0v) is 11.4. The normalized spacial score (nSPS) is 14.4. The Balaban J connectivity index is 2.70. The Kier molecular flexibility index (Phi) is 5.08. The summed E-state index contributed by atoms with van der Waals surface area (Å²) in [6, 6.07) is -0.154. The molecule has 0 spiro atoms. The first-order valence-electron chi connectivity index (χ1n) is 6.00. The number of nitrogens with zero attached hydrogens (tertiary/aromatic N) is 5. The van der Waals surface area contributed by atoms with Gasteiger partial charge in [-0.3, -0.25) is 4.90 Å². The fourth-order valence-electron chi connectivity index (χ4n) is 1.58. The molecule has 0 saturated heterocycles. The molecular formula is C11H22N6O. The van der Waals surface area contributed by atoms with E-state index in [1.807, 2.05) is 23.6 Å². The minimum absolute atomic E-state index is 0.154. The van der Waals surface area contributed by atoms with Crippen LogP contribution < -0.4 is 5.73 Å². The lowest BCUT2D eigenvalue weighted by Crippen LogP contribution is -2.40. The van der Waals surface area contributed by atoms with Crippen LogP contribution in [0.15, 0.2) is 11.5 Å². The standard InChI is InChI=1S/C11H22N6O/c1-8(2)5-17-10(13-7-14-17)6-16(4)9(3)11(12)15-18/h7-9,18H,5-6H2,1-4H3,(H2,12,15). The molecule has 1 rings (SSSR count). The highest BCUT2D eigenvalue weighted by atomic mass is 16.4. The largest absolute Gasteiger partial charge is 0.409 e. The number of aromatic nitrogens is 3. The van der Waals surface area contributed by atoms with Crippen LogP contribution in [0.1, 0.15) is 26.6 Å². The van der Waals surface area contributed by atoms with Gasteiger partial charge in [0.05, 0.1) is 12.6 Å². The predicted molar refractivity (Wildman–Crippen MR) is 69.2 cm³/mol. The quantitative estimate of drug-likeness (QED) is 0.334. The summed E-state index contributed by atoms with van der Waals surface area (Å²) in [5.41, 5.74) is 5.58. The van der Waals surface area contributed by atoms with Crippen molar-refractivity contribution in [2.24, 2.45) is 16.8 Å². The van der Waals surface area contributed by atoms with E-state index >= 15 is 0 Å². The summed E-state index contributed by atoms with van der Waals surface area (Å²) in [6.07, 6.45) is 1.56. The topological polar surface area (TPSA) is 92.6 Å². The molecule has 0 aromatic carbocycles. The zero-order valence-electron chi connectivity index (χ0n) is 11.4. The molecule has 102 valence electrons. The van der Waals surface area contributed by atoms with Crippen molar-refractivity contribution in [3.63, 3.8) is 0 Å². The van der Waals surface area contributed by atoms with Crippen molar-refractivity contribution >= 4 is 5.84 Å². The van der Waals surface area contributed by atoms with Gasteiger partial charge in [0.1, 0.15) is 12.2 Å². The average molecular weight is 254 g/mol. The Morgan fingerprint density at radius 2 is 2.22 bits per heavy atom. The fourth-order valence-corrected chi connectivity index (χ4v) is 1.58. The van der Waals surface area contributed by atoms with Crippen molar-refractivity contribution in [2.75, 3.05) is 7.05 Å². The number of amidine groups is 1. The van der Waals surface area contributed by atoms with Crippen LogP contribution in [0.4, 0.5) is 0 Å². The summed E-state index contributed by atoms with van der Waals surface area (Å²) < 4.78 is 1.89. The van der Waals surface area contributed by atoms with Crippen LogP contribution >= 0.6 is 0 Å². The lowest BCUT2D eigenvalue weighted by atomic mass is 10.2. The minimum Gasteiger partial charge on any atom is -0.409 e. The van der Waals surface area contributed by atoms with Crippen LogP contribution in [0.2, 0.25) is 0 Å². The van der Waals surface area contributed by atoms with E-state index in [1.165, 1.54) is 0 Å². The smallest absolute Gasteiger partial charge is 0.156 e. The highest BCUT2D eigenvalue weighted by molar-refractivity contribution is 5.84. The molecular weight excluding hydrogens is 232 g/mol. The van der Waals surface area contributed by atoms with Crippen LogP contribution in [0.3, 0.4) is 0 Å². The van der Waals surface area contributed by atoms with Gasteiger partial charge in [-0.05, 0) is 19.9 Å². The Hall–Kier alpha value is -1.63. The van der Waals surface area contributed by atoms with E-state index in [4.69, 9.17) is 10.9 Å². The molecule has 7 heteroatoms. The molecule has 0 aliphatic carbocycles. The number of rotatable bonds is 6. The van der Waals surface area contributed by atoms with Crippen LogP contribution in [-0.2, 0) is 13.1 Å². The Morgan fingerprint density at radius 1 is 1.56 bits per heavy atom. The van der Waals surface area contributed by atoms with Gasteiger partial charge in [0.2, 0.25) is 0 Å². The summed E-state index contributed by atoms with van der Waals surface area (Å²) in [4.78, 5) is 6.20. The summed E-state index contributed by atoms with van der Waals surface area (Å²) in [5, 5.41) is 15.9. The SMILES string of the molecule is CC(C)Cn1ncnc1CN(C)C(C)C(N)=NO. The first-order valence-corrected chi connectivity index (χ1v) is 6.00. The maximum atomic E-state index is 8.66. The van der Waals surface area contributed by atoms with Gasteiger partial charge in [-0.2, -0.15) is 5.10 Å². The molecule has 1 aromatic rings. The Bertz CT molecular complexity index is 400. The second kappa shape index (κ2) is 6.34. The van der Waals surface area contributed by atoms with Crippen molar-refractivity contribution in [3.05, 3.63) is 12.2 Å². The minimum atomic E-state index is -0.154. The predicted octanol–water partition coefficient (Wildman–Crippen LogP) is 0.501. The first-order chi connectivity index (χ1) is 8.45. The third-order valence-electron chi connectivity index (χ3n) is 2.83. The van der Waals surface area contributed by atoms with Gasteiger partial charge >= 0.3 is 0 Å². The molecule has 0 aliphatic rings. The molecule has 1 heterocycles. The van der Waals surface area contributed by atoms with Gasteiger partial charge < -0.3 is 10.9 Å². The van der Waals surface area contributed by atoms with E-state index in [2.05, 4.69) is 29.1 Å². The van der Waals surface area contributed by atoms with Crippen molar-refractivity contribution in [1.29, 1.82) is 0 Å². The highest BCUT2D eigenvalue weighted by Crippen LogP contribution is 2.06. The van der Waals surface area contributed by atoms with Crippen molar-refractivity contribution in [3.8, 4) is 0 Å². The first kappa shape index (κ1) is 14.4. The summed E-state index contributed by atoms with van der Waals surface area (Å²) in [7, 11) is 1.90. The summed E-state index contributed by atoms with van der Waals surface area (Å²) >= 11 is 0. The van der Waals surface area contributed by atoms with E-state index in [9.17, 15) is 0 Å². The molecule has 0 aliphatic heterocycles. The van der Waals surface area contributed by atoms with E-state index in [-0.39, 0.29) is 11.9 Å². The van der Waals surface area contributed by atoms with E-state index in [1.54, 1.807) is 6.33 Å². The van der Waals surface area contributed by atoms with Crippen LogP contribution in [-0.4, -0.2) is 43.8 Å². The third-order valence-corrected chi connectivity index (χ3v) is 2.83. The molecule has 0 radical (unpaired) electrons. The lowest BCUT2D eigenvalue weighted by Gasteiger charge is -2.23. The van der Waals surface area contributed by atoms with Gasteiger partial charge in [0.15, 0.2) is 5.84 Å². The molecule has 7 nitrogen and oxygen atoms in total. The second-order valence-corrected chi connectivity index (χ2v) is 4.87. The van der Waals surface area contributed by atoms with Crippen molar-refractivity contribution < 1.29 is 5.21 Å². The van der Waals surface area contributed by atoms with Crippen molar-refractivity contribution in [2.45, 2.75) is 39.9 Å². The monoisotopic (exact) mass is 254 g/mol. The molecule has 0 saturated carbocycles. The molecule has 1 aromatic heterocycles. The van der Waals surface area contributed by atoms with Gasteiger partial charge in [0.25, 0.3) is 0 Å². The molecule has 0 amide bonds. The number of hydrogen-bond acceptors (Lipinski definition) is 5. The van der Waals surface area contributed by atoms with E-state index in [0.29, 0.717) is 12.5 Å². The number of nitrogens with two attached hydrogens (primary N) is 1. The third kappa shape index (κ3) is 3.69. The number of likely N-dealkylation sites (N-methyl/N-ethyl adjacent to an activating group) is 1. The number of hydrogen-bond donors (Lipinski definition) is 2. The zero-order chi connectivity index (χ0) is 13.7. The van der Waals surface area contributed by atoms with Crippen LogP contribution in [0, 0.1) is 5.92 Å². The van der Waals surface area contributed by atoms with Gasteiger partial charge in [-0.25, -0.2) is 9.67 Å². The maximum Gasteiger partial charge on any atom is 0.156 e. The summed E-state index contributed by atoms with van der Waals surface area (Å²) in [6.45, 7) is 7.58. The second-order valence-electron chi connectivity index (χ2n) is 4.87. The van der Waals surface area contributed by atoms with E-state index in [0.717, 1.165) is 12.4 Å². The fraction of sp³-hybridized carbons (Fsp3) is 0.727. The Labute approximate surface area is 107 Å². The number of oxime groups is 1. The van der Waals surface area contributed by atoms with Crippen LogP contribution in [0.25, 0.3) is 0 Å². The molecule has 0 fully saturated rings. The molecule has 0 bridgehead atoms. The highest BCUT2D eigenvalue weighted by Gasteiger charge is 2.16. The van der Waals surface area contributed by atoms with Gasteiger partial charge in [0, 0.05) is 6.54 Å². The molecule has 1 atom stereocenters. The lowest BCUT2D eigenvalue weighted by molar-refractivity contribution is 0.268.